The van der Waals surface area contributed by atoms with Crippen molar-refractivity contribution in [2.45, 2.75) is 31.4 Å². The van der Waals surface area contributed by atoms with Crippen LogP contribution in [-0.2, 0) is 19.4 Å². The van der Waals surface area contributed by atoms with Crippen LogP contribution in [0.3, 0.4) is 0 Å². The van der Waals surface area contributed by atoms with Gasteiger partial charge in [-0.1, -0.05) is 59.3 Å². The zero-order valence-electron chi connectivity index (χ0n) is 14.5. The molecule has 0 bridgehead atoms. The number of hydrogen-bond acceptors (Lipinski definition) is 4. The predicted octanol–water partition coefficient (Wildman–Crippen LogP) is 4.96. The Hall–Kier alpha value is -1.98. The fourth-order valence-corrected chi connectivity index (χ4v) is 3.58. The first-order chi connectivity index (χ1) is 12.0. The van der Waals surface area contributed by atoms with E-state index in [2.05, 4.69) is 42.2 Å². The highest BCUT2D eigenvalue weighted by atomic mass is 35.5. The van der Waals surface area contributed by atoms with E-state index in [-0.39, 0.29) is 0 Å². The molecule has 4 nitrogen and oxygen atoms in total. The number of rotatable bonds is 6. The van der Waals surface area contributed by atoms with Crippen molar-refractivity contribution in [2.75, 3.05) is 0 Å². The molecule has 1 heterocycles. The highest BCUT2D eigenvalue weighted by molar-refractivity contribution is 7.98. The van der Waals surface area contributed by atoms with Crippen molar-refractivity contribution in [1.29, 1.82) is 0 Å². The number of para-hydroxylation sites is 1. The third-order valence-corrected chi connectivity index (χ3v) is 5.36. The second-order valence-electron chi connectivity index (χ2n) is 5.90. The fourth-order valence-electron chi connectivity index (χ4n) is 2.40. The summed E-state index contributed by atoms with van der Waals surface area (Å²) in [5.41, 5.74) is 3.89. The number of nitrogens with zero attached hydrogens (tertiary/aromatic N) is 3. The Morgan fingerprint density at radius 1 is 1.12 bits per heavy atom. The quantitative estimate of drug-likeness (QED) is 0.573. The van der Waals surface area contributed by atoms with E-state index in [0.29, 0.717) is 17.4 Å². The molecule has 0 saturated carbocycles. The second-order valence-corrected chi connectivity index (χ2v) is 7.25. The van der Waals surface area contributed by atoms with Crippen molar-refractivity contribution in [3.63, 3.8) is 0 Å². The highest BCUT2D eigenvalue weighted by Gasteiger charge is 2.11. The van der Waals surface area contributed by atoms with E-state index >= 15 is 0 Å². The number of thioether (sulfide) groups is 1. The molecule has 2 aromatic carbocycles. The minimum Gasteiger partial charge on any atom is -0.484 e. The number of ether oxygens (including phenoxy) is 1. The summed E-state index contributed by atoms with van der Waals surface area (Å²) < 4.78 is 7.72. The van der Waals surface area contributed by atoms with Crippen LogP contribution >= 0.6 is 23.4 Å². The Kier molecular flexibility index (Phi) is 5.66. The summed E-state index contributed by atoms with van der Waals surface area (Å²) in [6, 6.07) is 13.9. The first-order valence-corrected chi connectivity index (χ1v) is 9.35. The molecule has 3 rings (SSSR count). The van der Waals surface area contributed by atoms with E-state index in [0.717, 1.165) is 16.7 Å². The van der Waals surface area contributed by atoms with Gasteiger partial charge in [0, 0.05) is 12.8 Å². The van der Waals surface area contributed by atoms with Crippen molar-refractivity contribution in [1.82, 2.24) is 14.8 Å². The molecule has 0 fully saturated rings. The van der Waals surface area contributed by atoms with Gasteiger partial charge in [-0.3, -0.25) is 0 Å². The zero-order chi connectivity index (χ0) is 17.8. The zero-order valence-corrected chi connectivity index (χ0v) is 16.1. The van der Waals surface area contributed by atoms with Gasteiger partial charge < -0.3 is 9.30 Å². The molecule has 0 radical (unpaired) electrons. The molecule has 0 atom stereocenters. The molecule has 3 aromatic rings. The Labute approximate surface area is 157 Å². The summed E-state index contributed by atoms with van der Waals surface area (Å²) in [6.07, 6.45) is 0. The van der Waals surface area contributed by atoms with Crippen LogP contribution < -0.4 is 4.74 Å². The van der Waals surface area contributed by atoms with Crippen molar-refractivity contribution in [3.8, 4) is 5.75 Å². The van der Waals surface area contributed by atoms with Gasteiger partial charge in [0.05, 0.1) is 5.02 Å². The number of aryl methyl sites for hydroxylation is 2. The van der Waals surface area contributed by atoms with Gasteiger partial charge in [-0.2, -0.15) is 0 Å². The van der Waals surface area contributed by atoms with Gasteiger partial charge in [0.2, 0.25) is 0 Å². The van der Waals surface area contributed by atoms with E-state index in [4.69, 9.17) is 16.3 Å². The molecular formula is C19H20ClN3OS. The Morgan fingerprint density at radius 2 is 1.92 bits per heavy atom. The summed E-state index contributed by atoms with van der Waals surface area (Å²) in [6.45, 7) is 4.58. The standard InChI is InChI=1S/C19H20ClN3OS/c1-13-8-9-14(2)15(10-13)12-25-19-22-21-18(23(19)3)11-24-17-7-5-4-6-16(17)20/h4-10H,11-12H2,1-3H3. The monoisotopic (exact) mass is 373 g/mol. The van der Waals surface area contributed by atoms with E-state index in [1.165, 1.54) is 16.7 Å². The van der Waals surface area contributed by atoms with E-state index in [1.807, 2.05) is 29.8 Å². The predicted molar refractivity (Wildman–Crippen MR) is 102 cm³/mol. The van der Waals surface area contributed by atoms with Gasteiger partial charge in [-0.25, -0.2) is 0 Å². The van der Waals surface area contributed by atoms with Crippen LogP contribution in [-0.4, -0.2) is 14.8 Å². The van der Waals surface area contributed by atoms with Crippen LogP contribution in [0.15, 0.2) is 47.6 Å². The topological polar surface area (TPSA) is 39.9 Å². The van der Waals surface area contributed by atoms with Gasteiger partial charge in [0.15, 0.2) is 11.0 Å². The maximum atomic E-state index is 6.11. The molecule has 25 heavy (non-hydrogen) atoms. The van der Waals surface area contributed by atoms with E-state index in [1.54, 1.807) is 17.8 Å². The number of halogens is 1. The summed E-state index contributed by atoms with van der Waals surface area (Å²) in [5, 5.41) is 9.98. The summed E-state index contributed by atoms with van der Waals surface area (Å²) in [7, 11) is 1.96. The Morgan fingerprint density at radius 3 is 2.72 bits per heavy atom. The lowest BCUT2D eigenvalue weighted by atomic mass is 10.1. The van der Waals surface area contributed by atoms with Crippen LogP contribution in [0.1, 0.15) is 22.5 Å². The van der Waals surface area contributed by atoms with Crippen molar-refractivity contribution in [2.24, 2.45) is 7.05 Å². The third kappa shape index (κ3) is 4.35. The lowest BCUT2D eigenvalue weighted by molar-refractivity contribution is 0.290. The van der Waals surface area contributed by atoms with Gasteiger partial charge in [0.25, 0.3) is 0 Å². The smallest absolute Gasteiger partial charge is 0.191 e. The van der Waals surface area contributed by atoms with Crippen molar-refractivity contribution < 1.29 is 4.74 Å². The van der Waals surface area contributed by atoms with Gasteiger partial charge in [-0.15, -0.1) is 10.2 Å². The molecule has 1 aromatic heterocycles. The molecule has 0 amide bonds. The molecule has 130 valence electrons. The first-order valence-electron chi connectivity index (χ1n) is 7.99. The molecule has 0 unspecified atom stereocenters. The van der Waals surface area contributed by atoms with Gasteiger partial charge in [-0.05, 0) is 37.1 Å². The average molecular weight is 374 g/mol. The molecule has 0 N–H and O–H groups in total. The molecule has 0 aliphatic rings. The molecule has 0 aliphatic heterocycles. The minimum absolute atomic E-state index is 0.331. The van der Waals surface area contributed by atoms with Crippen molar-refractivity contribution in [3.05, 3.63) is 70.0 Å². The van der Waals surface area contributed by atoms with Gasteiger partial charge >= 0.3 is 0 Å². The van der Waals surface area contributed by atoms with Crippen LogP contribution in [0.4, 0.5) is 0 Å². The lowest BCUT2D eigenvalue weighted by Gasteiger charge is -2.08. The second kappa shape index (κ2) is 7.93. The normalized spacial score (nSPS) is 10.9. The van der Waals surface area contributed by atoms with Gasteiger partial charge in [0.1, 0.15) is 12.4 Å². The number of benzene rings is 2. The Bertz CT molecular complexity index is 879. The molecule has 0 saturated heterocycles. The lowest BCUT2D eigenvalue weighted by Crippen LogP contribution is -2.04. The molecule has 0 spiro atoms. The van der Waals surface area contributed by atoms with E-state index < -0.39 is 0 Å². The maximum Gasteiger partial charge on any atom is 0.191 e. The minimum atomic E-state index is 0.331. The van der Waals surface area contributed by atoms with Crippen molar-refractivity contribution >= 4 is 23.4 Å². The fraction of sp³-hybridized carbons (Fsp3) is 0.263. The molecule has 0 aliphatic carbocycles. The van der Waals surface area contributed by atoms with Crippen LogP contribution in [0, 0.1) is 13.8 Å². The Balaban J connectivity index is 1.65. The number of aromatic nitrogens is 3. The van der Waals surface area contributed by atoms with Crippen LogP contribution in [0.2, 0.25) is 5.02 Å². The summed E-state index contributed by atoms with van der Waals surface area (Å²) in [5.74, 6) is 2.28. The number of hydrogen-bond donors (Lipinski definition) is 0. The molecular weight excluding hydrogens is 354 g/mol. The van der Waals surface area contributed by atoms with Crippen LogP contribution in [0.5, 0.6) is 5.75 Å². The average Bonchev–Trinajstić information content (AvgIpc) is 2.95. The summed E-state index contributed by atoms with van der Waals surface area (Å²) >= 11 is 7.79. The summed E-state index contributed by atoms with van der Waals surface area (Å²) in [4.78, 5) is 0. The van der Waals surface area contributed by atoms with E-state index in [9.17, 15) is 0 Å². The highest BCUT2D eigenvalue weighted by Crippen LogP contribution is 2.26. The third-order valence-electron chi connectivity index (χ3n) is 3.98. The largest absolute Gasteiger partial charge is 0.484 e. The molecule has 6 heteroatoms. The SMILES string of the molecule is Cc1ccc(C)c(CSc2nnc(COc3ccccc3Cl)n2C)c1. The van der Waals surface area contributed by atoms with Crippen LogP contribution in [0.25, 0.3) is 0 Å². The maximum absolute atomic E-state index is 6.11. The first kappa shape index (κ1) is 17.8.